The molecule has 0 saturated heterocycles. The molecule has 1 aromatic heterocycles. The topological polar surface area (TPSA) is 82.6 Å². The van der Waals surface area contributed by atoms with Gasteiger partial charge in [0.25, 0.3) is 5.91 Å². The Kier molecular flexibility index (Phi) is 5.29. The molecule has 1 aliphatic rings. The fraction of sp³-hybridized carbons (Fsp3) is 0.227. The van der Waals surface area contributed by atoms with Crippen molar-refractivity contribution in [1.82, 2.24) is 15.3 Å². The molecular formula is C22H21N3O4. The number of amides is 1. The van der Waals surface area contributed by atoms with Crippen LogP contribution in [0.25, 0.3) is 11.1 Å². The Morgan fingerprint density at radius 2 is 1.93 bits per heavy atom. The first kappa shape index (κ1) is 18.7. The Morgan fingerprint density at radius 1 is 1.14 bits per heavy atom. The van der Waals surface area contributed by atoms with E-state index in [2.05, 4.69) is 15.3 Å². The molecule has 1 atom stereocenters. The second-order valence-corrected chi connectivity index (χ2v) is 6.64. The van der Waals surface area contributed by atoms with Crippen molar-refractivity contribution in [3.8, 4) is 28.4 Å². The van der Waals surface area contributed by atoms with Gasteiger partial charge in [-0.2, -0.15) is 0 Å². The van der Waals surface area contributed by atoms with Gasteiger partial charge in [-0.3, -0.25) is 4.79 Å². The van der Waals surface area contributed by atoms with E-state index >= 15 is 0 Å². The van der Waals surface area contributed by atoms with Crippen LogP contribution < -0.4 is 19.5 Å². The van der Waals surface area contributed by atoms with E-state index in [1.165, 1.54) is 6.33 Å². The SMILES string of the molecule is COc1ccc(C(=O)NC[C@@H]2Cc3cccc(-c4cncnc4)c3O2)cc1OC. The zero-order valence-corrected chi connectivity index (χ0v) is 16.2. The van der Waals surface area contributed by atoms with Gasteiger partial charge in [-0.1, -0.05) is 18.2 Å². The summed E-state index contributed by atoms with van der Waals surface area (Å²) in [6, 6.07) is 11.1. The number of rotatable bonds is 6. The van der Waals surface area contributed by atoms with E-state index < -0.39 is 0 Å². The van der Waals surface area contributed by atoms with Crippen molar-refractivity contribution < 1.29 is 19.0 Å². The average molecular weight is 391 g/mol. The van der Waals surface area contributed by atoms with Gasteiger partial charge in [0.15, 0.2) is 11.5 Å². The molecule has 0 spiro atoms. The van der Waals surface area contributed by atoms with Crippen LogP contribution in [0.5, 0.6) is 17.2 Å². The van der Waals surface area contributed by atoms with Crippen LogP contribution in [0.2, 0.25) is 0 Å². The summed E-state index contributed by atoms with van der Waals surface area (Å²) in [4.78, 5) is 20.7. The van der Waals surface area contributed by atoms with Gasteiger partial charge in [0, 0.05) is 35.5 Å². The van der Waals surface area contributed by atoms with Crippen molar-refractivity contribution in [1.29, 1.82) is 0 Å². The van der Waals surface area contributed by atoms with Crippen LogP contribution in [-0.4, -0.2) is 42.7 Å². The van der Waals surface area contributed by atoms with Crippen molar-refractivity contribution in [2.75, 3.05) is 20.8 Å². The lowest BCUT2D eigenvalue weighted by Gasteiger charge is -2.14. The molecule has 0 saturated carbocycles. The second kappa shape index (κ2) is 8.18. The number of benzene rings is 2. The maximum atomic E-state index is 12.6. The average Bonchev–Trinajstić information content (AvgIpc) is 3.20. The van der Waals surface area contributed by atoms with Gasteiger partial charge in [0.05, 0.1) is 20.8 Å². The lowest BCUT2D eigenvalue weighted by atomic mass is 10.0. The summed E-state index contributed by atoms with van der Waals surface area (Å²) >= 11 is 0. The minimum atomic E-state index is -0.192. The third-order valence-electron chi connectivity index (χ3n) is 4.84. The fourth-order valence-electron chi connectivity index (χ4n) is 3.40. The van der Waals surface area contributed by atoms with Crippen molar-refractivity contribution in [2.45, 2.75) is 12.5 Å². The van der Waals surface area contributed by atoms with Gasteiger partial charge >= 0.3 is 0 Å². The highest BCUT2D eigenvalue weighted by Crippen LogP contribution is 2.38. The van der Waals surface area contributed by atoms with Crippen LogP contribution >= 0.6 is 0 Å². The number of ether oxygens (including phenoxy) is 3. The highest BCUT2D eigenvalue weighted by atomic mass is 16.5. The van der Waals surface area contributed by atoms with Crippen LogP contribution in [0.3, 0.4) is 0 Å². The van der Waals surface area contributed by atoms with Crippen LogP contribution in [0.4, 0.5) is 0 Å². The smallest absolute Gasteiger partial charge is 0.251 e. The van der Waals surface area contributed by atoms with Gasteiger partial charge in [-0.25, -0.2) is 9.97 Å². The van der Waals surface area contributed by atoms with Gasteiger partial charge in [0.2, 0.25) is 0 Å². The van der Waals surface area contributed by atoms with Crippen molar-refractivity contribution in [3.63, 3.8) is 0 Å². The standard InChI is InChI=1S/C22H21N3O4/c1-27-19-7-6-15(9-20(19)28-2)22(26)25-12-17-8-14-4-3-5-18(21(14)29-17)16-10-23-13-24-11-16/h3-7,9-11,13,17H,8,12H2,1-2H3,(H,25,26)/t17-/m0/s1. The molecule has 2 heterocycles. The summed E-state index contributed by atoms with van der Waals surface area (Å²) < 4.78 is 16.6. The first-order valence-corrected chi connectivity index (χ1v) is 9.23. The van der Waals surface area contributed by atoms with E-state index in [1.54, 1.807) is 44.8 Å². The van der Waals surface area contributed by atoms with Crippen LogP contribution in [0.1, 0.15) is 15.9 Å². The molecule has 1 aliphatic heterocycles. The summed E-state index contributed by atoms with van der Waals surface area (Å²) in [5, 5.41) is 2.94. The number of aromatic nitrogens is 2. The second-order valence-electron chi connectivity index (χ2n) is 6.64. The molecule has 29 heavy (non-hydrogen) atoms. The predicted octanol–water partition coefficient (Wildman–Crippen LogP) is 2.89. The number of hydrogen-bond acceptors (Lipinski definition) is 6. The minimum Gasteiger partial charge on any atom is -0.493 e. The highest BCUT2D eigenvalue weighted by molar-refractivity contribution is 5.94. The molecule has 3 aromatic rings. The summed E-state index contributed by atoms with van der Waals surface area (Å²) in [6.45, 7) is 0.395. The summed E-state index contributed by atoms with van der Waals surface area (Å²) in [7, 11) is 3.10. The third kappa shape index (κ3) is 3.85. The molecule has 1 N–H and O–H groups in total. The molecular weight excluding hydrogens is 370 g/mol. The Hall–Kier alpha value is -3.61. The summed E-state index contributed by atoms with van der Waals surface area (Å²) in [6.07, 6.45) is 5.61. The first-order chi connectivity index (χ1) is 14.2. The zero-order chi connectivity index (χ0) is 20.2. The first-order valence-electron chi connectivity index (χ1n) is 9.23. The van der Waals surface area contributed by atoms with Gasteiger partial charge < -0.3 is 19.5 Å². The molecule has 7 heteroatoms. The highest BCUT2D eigenvalue weighted by Gasteiger charge is 2.26. The number of carbonyl (C=O) groups is 1. The maximum Gasteiger partial charge on any atom is 0.251 e. The Morgan fingerprint density at radius 3 is 2.69 bits per heavy atom. The molecule has 0 unspecified atom stereocenters. The number of carbonyl (C=O) groups excluding carboxylic acids is 1. The normalized spacial score (nSPS) is 14.6. The van der Waals surface area contributed by atoms with E-state index in [-0.39, 0.29) is 12.0 Å². The quantitative estimate of drug-likeness (QED) is 0.696. The predicted molar refractivity (Wildman–Crippen MR) is 107 cm³/mol. The zero-order valence-electron chi connectivity index (χ0n) is 16.2. The van der Waals surface area contributed by atoms with Crippen molar-refractivity contribution >= 4 is 5.91 Å². The van der Waals surface area contributed by atoms with Gasteiger partial charge in [-0.15, -0.1) is 0 Å². The minimum absolute atomic E-state index is 0.139. The van der Waals surface area contributed by atoms with E-state index in [0.29, 0.717) is 23.6 Å². The lowest BCUT2D eigenvalue weighted by molar-refractivity contribution is 0.0933. The van der Waals surface area contributed by atoms with Crippen molar-refractivity contribution in [3.05, 3.63) is 66.2 Å². The summed E-state index contributed by atoms with van der Waals surface area (Å²) in [5.74, 6) is 1.73. The molecule has 0 fully saturated rings. The molecule has 7 nitrogen and oxygen atoms in total. The van der Waals surface area contributed by atoms with E-state index in [1.807, 2.05) is 18.2 Å². The summed E-state index contributed by atoms with van der Waals surface area (Å²) in [5.41, 5.74) is 3.47. The number of fused-ring (bicyclic) bond motifs is 1. The van der Waals surface area contributed by atoms with Crippen molar-refractivity contribution in [2.24, 2.45) is 0 Å². The number of methoxy groups -OCH3 is 2. The van der Waals surface area contributed by atoms with Gasteiger partial charge in [-0.05, 0) is 23.8 Å². The van der Waals surface area contributed by atoms with Crippen LogP contribution in [0.15, 0.2) is 55.1 Å². The molecule has 2 aromatic carbocycles. The molecule has 0 bridgehead atoms. The molecule has 0 radical (unpaired) electrons. The fourth-order valence-corrected chi connectivity index (χ4v) is 3.40. The van der Waals surface area contributed by atoms with Gasteiger partial charge in [0.1, 0.15) is 18.2 Å². The largest absolute Gasteiger partial charge is 0.493 e. The Labute approximate surface area is 168 Å². The molecule has 148 valence electrons. The lowest BCUT2D eigenvalue weighted by Crippen LogP contribution is -2.34. The van der Waals surface area contributed by atoms with E-state index in [0.717, 1.165) is 28.9 Å². The van der Waals surface area contributed by atoms with Crippen LogP contribution in [-0.2, 0) is 6.42 Å². The molecule has 0 aliphatic carbocycles. The number of nitrogens with zero attached hydrogens (tertiary/aromatic N) is 2. The third-order valence-corrected chi connectivity index (χ3v) is 4.84. The molecule has 4 rings (SSSR count). The number of hydrogen-bond donors (Lipinski definition) is 1. The van der Waals surface area contributed by atoms with E-state index in [4.69, 9.17) is 14.2 Å². The number of nitrogens with one attached hydrogen (secondary N) is 1. The maximum absolute atomic E-state index is 12.6. The Balaban J connectivity index is 1.43. The van der Waals surface area contributed by atoms with Crippen LogP contribution in [0, 0.1) is 0 Å². The Bertz CT molecular complexity index is 1020. The number of para-hydroxylation sites is 1. The molecule has 1 amide bonds. The van der Waals surface area contributed by atoms with E-state index in [9.17, 15) is 4.79 Å². The monoisotopic (exact) mass is 391 g/mol.